The highest BCUT2D eigenvalue weighted by Crippen LogP contribution is 2.35. The van der Waals surface area contributed by atoms with E-state index in [1.165, 1.54) is 11.8 Å². The molecular formula is C18H21N3O3S. The molecule has 0 saturated carbocycles. The van der Waals surface area contributed by atoms with E-state index in [9.17, 15) is 14.9 Å². The number of methoxy groups -OCH3 is 1. The van der Waals surface area contributed by atoms with Crippen LogP contribution in [0.15, 0.2) is 34.9 Å². The molecule has 0 saturated heterocycles. The number of benzene rings is 1. The summed E-state index contributed by atoms with van der Waals surface area (Å²) in [5.41, 5.74) is 2.55. The van der Waals surface area contributed by atoms with Gasteiger partial charge in [-0.05, 0) is 12.5 Å². The van der Waals surface area contributed by atoms with Crippen LogP contribution in [0.5, 0.6) is 0 Å². The van der Waals surface area contributed by atoms with Crippen molar-refractivity contribution in [1.29, 1.82) is 5.26 Å². The summed E-state index contributed by atoms with van der Waals surface area (Å²) in [6.45, 7) is 2.86. The predicted octanol–water partition coefficient (Wildman–Crippen LogP) is 1.83. The molecule has 132 valence electrons. The van der Waals surface area contributed by atoms with Gasteiger partial charge in [-0.25, -0.2) is 0 Å². The second kappa shape index (κ2) is 9.25. The molecule has 2 amide bonds. The van der Waals surface area contributed by atoms with Crippen molar-refractivity contribution in [2.45, 2.75) is 19.3 Å². The van der Waals surface area contributed by atoms with Gasteiger partial charge in [-0.1, -0.05) is 41.6 Å². The Morgan fingerprint density at radius 3 is 2.80 bits per heavy atom. The number of allylic oxidation sites excluding steroid dienone is 1. The summed E-state index contributed by atoms with van der Waals surface area (Å²) in [7, 11) is 1.56. The third kappa shape index (κ3) is 5.34. The summed E-state index contributed by atoms with van der Waals surface area (Å²) in [6.07, 6.45) is 0.232. The van der Waals surface area contributed by atoms with Crippen molar-refractivity contribution < 1.29 is 14.3 Å². The van der Waals surface area contributed by atoms with Gasteiger partial charge in [0.15, 0.2) is 0 Å². The van der Waals surface area contributed by atoms with Crippen molar-refractivity contribution >= 4 is 23.6 Å². The molecule has 1 heterocycles. The van der Waals surface area contributed by atoms with E-state index in [1.807, 2.05) is 31.2 Å². The summed E-state index contributed by atoms with van der Waals surface area (Å²) in [5.74, 6) is -0.464. The van der Waals surface area contributed by atoms with Crippen molar-refractivity contribution in [2.75, 3.05) is 26.0 Å². The number of hydrogen-bond donors (Lipinski definition) is 2. The molecule has 1 aromatic carbocycles. The van der Waals surface area contributed by atoms with Crippen LogP contribution in [0.4, 0.5) is 0 Å². The summed E-state index contributed by atoms with van der Waals surface area (Å²) in [6, 6.07) is 10.0. The number of aryl methyl sites for hydroxylation is 1. The number of nitriles is 1. The van der Waals surface area contributed by atoms with Crippen LogP contribution in [0.1, 0.15) is 23.5 Å². The normalized spacial score (nSPS) is 17.0. The van der Waals surface area contributed by atoms with Gasteiger partial charge in [0.2, 0.25) is 11.8 Å². The highest BCUT2D eigenvalue weighted by molar-refractivity contribution is 8.03. The molecule has 0 aromatic heterocycles. The lowest BCUT2D eigenvalue weighted by Gasteiger charge is -2.25. The first-order valence-corrected chi connectivity index (χ1v) is 8.92. The summed E-state index contributed by atoms with van der Waals surface area (Å²) < 4.78 is 4.88. The molecule has 1 aromatic rings. The van der Waals surface area contributed by atoms with E-state index in [4.69, 9.17) is 4.74 Å². The highest BCUT2D eigenvalue weighted by Gasteiger charge is 2.29. The fourth-order valence-electron chi connectivity index (χ4n) is 2.50. The van der Waals surface area contributed by atoms with Crippen LogP contribution in [0, 0.1) is 18.3 Å². The zero-order valence-electron chi connectivity index (χ0n) is 14.3. The average Bonchev–Trinajstić information content (AvgIpc) is 2.60. The third-order valence-electron chi connectivity index (χ3n) is 3.81. The Hall–Kier alpha value is -2.30. The Bertz CT molecular complexity index is 707. The highest BCUT2D eigenvalue weighted by atomic mass is 32.2. The van der Waals surface area contributed by atoms with E-state index < -0.39 is 0 Å². The quantitative estimate of drug-likeness (QED) is 0.725. The zero-order chi connectivity index (χ0) is 18.2. The largest absolute Gasteiger partial charge is 0.383 e. The number of ether oxygens (including phenoxy) is 1. The first-order valence-electron chi connectivity index (χ1n) is 7.94. The average molecular weight is 359 g/mol. The second-order valence-corrected chi connectivity index (χ2v) is 6.69. The minimum absolute atomic E-state index is 0.130. The predicted molar refractivity (Wildman–Crippen MR) is 96.7 cm³/mol. The number of amides is 2. The number of carbonyl (C=O) groups excluding carboxylic acids is 2. The van der Waals surface area contributed by atoms with Crippen LogP contribution >= 0.6 is 11.8 Å². The molecule has 7 heteroatoms. The van der Waals surface area contributed by atoms with E-state index >= 15 is 0 Å². The van der Waals surface area contributed by atoms with Crippen molar-refractivity contribution in [3.63, 3.8) is 0 Å². The van der Waals surface area contributed by atoms with E-state index in [0.717, 1.165) is 11.1 Å². The van der Waals surface area contributed by atoms with Crippen LogP contribution in [-0.4, -0.2) is 37.8 Å². The maximum Gasteiger partial charge on any atom is 0.230 e. The van der Waals surface area contributed by atoms with Gasteiger partial charge in [0, 0.05) is 26.0 Å². The number of nitrogens with one attached hydrogen (secondary N) is 2. The van der Waals surface area contributed by atoms with Crippen LogP contribution in [0.25, 0.3) is 0 Å². The molecule has 6 nitrogen and oxygen atoms in total. The molecule has 0 bridgehead atoms. The van der Waals surface area contributed by atoms with E-state index in [-0.39, 0.29) is 29.9 Å². The number of nitrogens with zero attached hydrogens (tertiary/aromatic N) is 1. The second-order valence-electron chi connectivity index (χ2n) is 5.70. The Labute approximate surface area is 151 Å². The number of rotatable bonds is 7. The molecule has 2 N–H and O–H groups in total. The van der Waals surface area contributed by atoms with Crippen molar-refractivity contribution in [3.05, 3.63) is 46.0 Å². The van der Waals surface area contributed by atoms with Crippen LogP contribution in [0.3, 0.4) is 0 Å². The summed E-state index contributed by atoms with van der Waals surface area (Å²) in [5, 5.41) is 15.5. The molecule has 1 aliphatic heterocycles. The van der Waals surface area contributed by atoms with Crippen LogP contribution in [0.2, 0.25) is 0 Å². The number of thioether (sulfide) groups is 1. The zero-order valence-corrected chi connectivity index (χ0v) is 15.1. The Morgan fingerprint density at radius 1 is 1.44 bits per heavy atom. The van der Waals surface area contributed by atoms with Gasteiger partial charge in [-0.15, -0.1) is 0 Å². The minimum atomic E-state index is -0.279. The van der Waals surface area contributed by atoms with Gasteiger partial charge >= 0.3 is 0 Å². The lowest BCUT2D eigenvalue weighted by Crippen LogP contribution is -2.33. The standard InChI is InChI=1S/C18H21N3O3S/c1-12-3-5-13(6-4-12)14-9-16(22)21-18(15(14)10-19)25-11-17(23)20-7-8-24-2/h3-6,14H,7-9,11H2,1-2H3,(H,20,23)(H,21,22)/t14-/m1/s1. The topological polar surface area (TPSA) is 91.2 Å². The van der Waals surface area contributed by atoms with Crippen molar-refractivity contribution in [2.24, 2.45) is 0 Å². The van der Waals surface area contributed by atoms with Gasteiger partial charge < -0.3 is 15.4 Å². The minimum Gasteiger partial charge on any atom is -0.383 e. The number of hydrogen-bond acceptors (Lipinski definition) is 5. The smallest absolute Gasteiger partial charge is 0.230 e. The molecule has 2 rings (SSSR count). The molecule has 1 atom stereocenters. The molecule has 25 heavy (non-hydrogen) atoms. The lowest BCUT2D eigenvalue weighted by molar-refractivity contribution is -0.121. The van der Waals surface area contributed by atoms with Crippen molar-refractivity contribution in [1.82, 2.24) is 10.6 Å². The van der Waals surface area contributed by atoms with E-state index in [1.54, 1.807) is 7.11 Å². The molecule has 1 aliphatic rings. The third-order valence-corrected chi connectivity index (χ3v) is 4.83. The number of carbonyl (C=O) groups is 2. The van der Waals surface area contributed by atoms with Crippen LogP contribution < -0.4 is 10.6 Å². The van der Waals surface area contributed by atoms with Gasteiger partial charge in [0.1, 0.15) is 0 Å². The maximum atomic E-state index is 12.1. The summed E-state index contributed by atoms with van der Waals surface area (Å²) >= 11 is 1.17. The maximum absolute atomic E-state index is 12.1. The van der Waals surface area contributed by atoms with Crippen LogP contribution in [-0.2, 0) is 14.3 Å². The fourth-order valence-corrected chi connectivity index (χ4v) is 3.40. The molecule has 0 unspecified atom stereocenters. The lowest BCUT2D eigenvalue weighted by atomic mass is 9.87. The Balaban J connectivity index is 2.13. The Kier molecular flexibility index (Phi) is 7.04. The molecule has 0 radical (unpaired) electrons. The molecule has 0 fully saturated rings. The van der Waals surface area contributed by atoms with E-state index in [2.05, 4.69) is 16.7 Å². The van der Waals surface area contributed by atoms with Gasteiger partial charge in [0.05, 0.1) is 29.0 Å². The molecule has 0 spiro atoms. The first kappa shape index (κ1) is 19.0. The SMILES string of the molecule is COCCNC(=O)CSC1=C(C#N)[C@@H](c2ccc(C)cc2)CC(=O)N1. The van der Waals surface area contributed by atoms with E-state index in [0.29, 0.717) is 23.8 Å². The summed E-state index contributed by atoms with van der Waals surface area (Å²) in [4.78, 5) is 23.9. The monoisotopic (exact) mass is 359 g/mol. The Morgan fingerprint density at radius 2 is 2.16 bits per heavy atom. The molecule has 0 aliphatic carbocycles. The molecular weight excluding hydrogens is 338 g/mol. The van der Waals surface area contributed by atoms with Gasteiger partial charge in [-0.2, -0.15) is 5.26 Å². The van der Waals surface area contributed by atoms with Gasteiger partial charge in [0.25, 0.3) is 0 Å². The van der Waals surface area contributed by atoms with Crippen molar-refractivity contribution in [3.8, 4) is 6.07 Å². The fraction of sp³-hybridized carbons (Fsp3) is 0.389. The first-order chi connectivity index (χ1) is 12.0. The van der Waals surface area contributed by atoms with Gasteiger partial charge in [-0.3, -0.25) is 9.59 Å².